The minimum atomic E-state index is -1.52. The Labute approximate surface area is 252 Å². The van der Waals surface area contributed by atoms with Crippen molar-refractivity contribution in [3.63, 3.8) is 0 Å². The summed E-state index contributed by atoms with van der Waals surface area (Å²) in [6, 6.07) is 25.3. The van der Waals surface area contributed by atoms with Crippen LogP contribution in [0.2, 0.25) is 0 Å². The number of fused-ring (bicyclic) bond motifs is 6. The van der Waals surface area contributed by atoms with Gasteiger partial charge < -0.3 is 15.0 Å². The monoisotopic (exact) mass is 585 g/mol. The molecule has 1 N–H and O–H groups in total. The van der Waals surface area contributed by atoms with Crippen molar-refractivity contribution in [2.24, 2.45) is 5.92 Å². The first-order valence-corrected chi connectivity index (χ1v) is 14.4. The van der Waals surface area contributed by atoms with Gasteiger partial charge in [-0.05, 0) is 47.9 Å². The third-order valence-corrected chi connectivity index (χ3v) is 8.92. The number of nitrogens with one attached hydrogen (secondary N) is 1. The van der Waals surface area contributed by atoms with E-state index in [2.05, 4.69) is 5.32 Å². The number of rotatable bonds is 7. The highest BCUT2D eigenvalue weighted by Gasteiger charge is 2.71. The summed E-state index contributed by atoms with van der Waals surface area (Å²) in [5, 5.41) is 14.7. The number of nitrogens with zero attached hydrogens (tertiary/aromatic N) is 2. The van der Waals surface area contributed by atoms with Crippen molar-refractivity contribution in [2.75, 3.05) is 11.9 Å². The molecule has 0 aliphatic carbocycles. The summed E-state index contributed by atoms with van der Waals surface area (Å²) in [5.74, 6) is -2.18. The van der Waals surface area contributed by atoms with Crippen LogP contribution in [-0.4, -0.2) is 39.9 Å². The van der Waals surface area contributed by atoms with Crippen LogP contribution in [0.1, 0.15) is 50.4 Å². The second-order valence-corrected chi connectivity index (χ2v) is 11.1. The van der Waals surface area contributed by atoms with Gasteiger partial charge in [0.1, 0.15) is 17.2 Å². The Hall–Kier alpha value is -5.57. The molecule has 1 spiro atoms. The predicted molar refractivity (Wildman–Crippen MR) is 163 cm³/mol. The number of carbonyl (C=O) groups is 3. The number of para-hydroxylation sites is 2. The first kappa shape index (κ1) is 27.3. The van der Waals surface area contributed by atoms with Crippen LogP contribution in [0, 0.1) is 16.0 Å². The Morgan fingerprint density at radius 3 is 2.52 bits per heavy atom. The molecular formula is C35H27N3O6. The van der Waals surface area contributed by atoms with Crippen LogP contribution in [0.5, 0.6) is 5.75 Å². The number of carbonyl (C=O) groups excluding carboxylic acids is 3. The number of ketones is 2. The van der Waals surface area contributed by atoms with Crippen LogP contribution in [0.25, 0.3) is 6.08 Å². The average molecular weight is 586 g/mol. The van der Waals surface area contributed by atoms with Gasteiger partial charge in [0.15, 0.2) is 11.6 Å². The molecule has 9 nitrogen and oxygen atoms in total. The summed E-state index contributed by atoms with van der Waals surface area (Å²) in [7, 11) is 0. The molecule has 7 rings (SSSR count). The normalized spacial score (nSPS) is 22.6. The zero-order valence-corrected chi connectivity index (χ0v) is 23.7. The second kappa shape index (κ2) is 10.3. The molecule has 3 aliphatic heterocycles. The second-order valence-electron chi connectivity index (χ2n) is 11.1. The molecule has 1 fully saturated rings. The number of nitro benzene ring substituents is 1. The minimum absolute atomic E-state index is 0.0786. The zero-order valence-electron chi connectivity index (χ0n) is 23.7. The molecule has 0 unspecified atom stereocenters. The van der Waals surface area contributed by atoms with E-state index in [1.807, 2.05) is 55.5 Å². The molecule has 0 aromatic heterocycles. The summed E-state index contributed by atoms with van der Waals surface area (Å²) >= 11 is 0. The number of Topliss-reactive ketones (excluding diaryl/α,β-unsaturated/α-hetero) is 2. The third-order valence-electron chi connectivity index (χ3n) is 8.92. The Balaban J connectivity index is 1.53. The van der Waals surface area contributed by atoms with E-state index >= 15 is 4.79 Å². The lowest BCUT2D eigenvalue weighted by molar-refractivity contribution is -0.384. The van der Waals surface area contributed by atoms with Crippen LogP contribution in [0.4, 0.5) is 11.4 Å². The van der Waals surface area contributed by atoms with E-state index in [1.54, 1.807) is 41.4 Å². The van der Waals surface area contributed by atoms with E-state index in [1.165, 1.54) is 24.3 Å². The van der Waals surface area contributed by atoms with Gasteiger partial charge in [0.25, 0.3) is 5.69 Å². The molecule has 4 aromatic carbocycles. The van der Waals surface area contributed by atoms with Gasteiger partial charge in [-0.15, -0.1) is 0 Å². The molecule has 3 aliphatic rings. The van der Waals surface area contributed by atoms with Gasteiger partial charge in [-0.25, -0.2) is 0 Å². The molecule has 9 heteroatoms. The highest BCUT2D eigenvalue weighted by atomic mass is 16.6. The number of nitro groups is 1. The Morgan fingerprint density at radius 1 is 0.955 bits per heavy atom. The van der Waals surface area contributed by atoms with Crippen molar-refractivity contribution in [3.8, 4) is 5.75 Å². The molecule has 44 heavy (non-hydrogen) atoms. The minimum Gasteiger partial charge on any atom is -0.493 e. The Bertz CT molecular complexity index is 1900. The average Bonchev–Trinajstić information content (AvgIpc) is 3.53. The molecule has 0 bridgehead atoms. The molecule has 4 atom stereocenters. The van der Waals surface area contributed by atoms with Crippen molar-refractivity contribution in [2.45, 2.75) is 24.4 Å². The lowest BCUT2D eigenvalue weighted by Gasteiger charge is -2.38. The molecule has 1 saturated heterocycles. The quantitative estimate of drug-likeness (QED) is 0.161. The fourth-order valence-electron chi connectivity index (χ4n) is 7.23. The smallest absolute Gasteiger partial charge is 0.270 e. The summed E-state index contributed by atoms with van der Waals surface area (Å²) in [5.41, 5.74) is 1.43. The summed E-state index contributed by atoms with van der Waals surface area (Å²) < 4.78 is 5.85. The van der Waals surface area contributed by atoms with Crippen molar-refractivity contribution >= 4 is 34.9 Å². The van der Waals surface area contributed by atoms with Crippen molar-refractivity contribution < 1.29 is 24.0 Å². The number of hydrogen-bond acceptors (Lipinski definition) is 7. The van der Waals surface area contributed by atoms with E-state index in [0.717, 1.165) is 11.1 Å². The molecule has 218 valence electrons. The maximum absolute atomic E-state index is 15.1. The zero-order chi connectivity index (χ0) is 30.6. The third kappa shape index (κ3) is 3.82. The van der Waals surface area contributed by atoms with Gasteiger partial charge in [-0.3, -0.25) is 24.5 Å². The maximum atomic E-state index is 15.1. The molecule has 4 aromatic rings. The van der Waals surface area contributed by atoms with Gasteiger partial charge in [-0.2, -0.15) is 0 Å². The first-order chi connectivity index (χ1) is 21.4. The van der Waals surface area contributed by atoms with E-state index in [9.17, 15) is 19.7 Å². The van der Waals surface area contributed by atoms with Crippen LogP contribution in [0.3, 0.4) is 0 Å². The molecular weight excluding hydrogens is 558 g/mol. The van der Waals surface area contributed by atoms with Gasteiger partial charge in [-0.1, -0.05) is 66.7 Å². The van der Waals surface area contributed by atoms with Gasteiger partial charge >= 0.3 is 0 Å². The van der Waals surface area contributed by atoms with E-state index in [4.69, 9.17) is 4.74 Å². The summed E-state index contributed by atoms with van der Waals surface area (Å²) in [6.45, 7) is 2.12. The van der Waals surface area contributed by atoms with Crippen LogP contribution in [0.15, 0.2) is 103 Å². The van der Waals surface area contributed by atoms with Gasteiger partial charge in [0.2, 0.25) is 5.91 Å². The largest absolute Gasteiger partial charge is 0.493 e. The van der Waals surface area contributed by atoms with E-state index in [0.29, 0.717) is 23.6 Å². The highest BCUT2D eigenvalue weighted by Crippen LogP contribution is 2.62. The number of hydrogen-bond donors (Lipinski definition) is 1. The van der Waals surface area contributed by atoms with Crippen molar-refractivity contribution in [1.82, 2.24) is 4.90 Å². The number of non-ortho nitro benzene ring substituents is 1. The SMILES string of the molecule is CCOc1ccccc1C(=O)[C@H]1[C@@H](C(=O)c2cccc([N+](=O)[O-])c2)N2C=Cc3ccccc3[C@@H]2[C@]12C(=O)Nc1ccccc12. The molecule has 0 saturated carbocycles. The lowest BCUT2D eigenvalue weighted by atomic mass is 9.62. The van der Waals surface area contributed by atoms with Gasteiger partial charge in [0, 0.05) is 29.6 Å². The lowest BCUT2D eigenvalue weighted by Crippen LogP contribution is -2.49. The number of amides is 1. The molecule has 1 amide bonds. The van der Waals surface area contributed by atoms with Crippen LogP contribution >= 0.6 is 0 Å². The Morgan fingerprint density at radius 2 is 1.70 bits per heavy atom. The standard InChI is InChI=1S/C35H27N3O6/c1-2-44-28-17-8-5-14-25(28)32(40)29-30(31(39)22-11-9-12-23(20-22)38(42)43)37-19-18-21-10-3-4-13-24(21)33(37)35(29)26-15-6-7-16-27(26)36-34(35)41/h3-20,29-30,33H,2H2,1H3,(H,36,41)/t29-,30+,33-,35-/m1/s1. The van der Waals surface area contributed by atoms with Crippen LogP contribution in [-0.2, 0) is 10.2 Å². The predicted octanol–water partition coefficient (Wildman–Crippen LogP) is 5.98. The van der Waals surface area contributed by atoms with Gasteiger partial charge in [0.05, 0.1) is 29.1 Å². The summed E-state index contributed by atoms with van der Waals surface area (Å²) in [6.07, 6.45) is 3.64. The first-order valence-electron chi connectivity index (χ1n) is 14.4. The van der Waals surface area contributed by atoms with E-state index in [-0.39, 0.29) is 22.7 Å². The van der Waals surface area contributed by atoms with E-state index < -0.39 is 39.9 Å². The Kier molecular flexibility index (Phi) is 6.39. The number of anilines is 1. The summed E-state index contributed by atoms with van der Waals surface area (Å²) in [4.78, 5) is 57.2. The maximum Gasteiger partial charge on any atom is 0.270 e. The van der Waals surface area contributed by atoms with Crippen molar-refractivity contribution in [1.29, 1.82) is 0 Å². The van der Waals surface area contributed by atoms with Crippen molar-refractivity contribution in [3.05, 3.63) is 141 Å². The fourth-order valence-corrected chi connectivity index (χ4v) is 7.23. The topological polar surface area (TPSA) is 119 Å². The number of ether oxygens (including phenoxy) is 1. The molecule has 0 radical (unpaired) electrons. The fraction of sp³-hybridized carbons (Fsp3) is 0.171. The number of benzene rings is 4. The highest BCUT2D eigenvalue weighted by molar-refractivity contribution is 6.17. The van der Waals surface area contributed by atoms with Crippen LogP contribution < -0.4 is 10.1 Å². The molecule has 3 heterocycles.